The first-order valence-corrected chi connectivity index (χ1v) is 13.5. The van der Waals surface area contributed by atoms with E-state index in [-0.39, 0.29) is 30.1 Å². The van der Waals surface area contributed by atoms with Gasteiger partial charge in [-0.05, 0) is 37.7 Å². The predicted molar refractivity (Wildman–Crippen MR) is 137 cm³/mol. The van der Waals surface area contributed by atoms with Crippen molar-refractivity contribution in [2.45, 2.75) is 63.9 Å². The molecule has 2 fully saturated rings. The number of benzene rings is 1. The summed E-state index contributed by atoms with van der Waals surface area (Å²) in [5, 5.41) is 3.90. The molecule has 3 amide bonds. The smallest absolute Gasteiger partial charge is 0.406 e. The molecule has 202 valence electrons. The molecule has 1 aromatic carbocycles. The summed E-state index contributed by atoms with van der Waals surface area (Å²) in [6.07, 6.45) is 8.84. The number of nitrogens with two attached hydrogens (primary N) is 1. The van der Waals surface area contributed by atoms with Gasteiger partial charge in [-0.3, -0.25) is 5.01 Å². The third-order valence-corrected chi connectivity index (χ3v) is 7.57. The van der Waals surface area contributed by atoms with Crippen LogP contribution in [0.4, 0.5) is 14.0 Å². The zero-order chi connectivity index (χ0) is 25.9. The molecule has 1 aliphatic carbocycles. The van der Waals surface area contributed by atoms with E-state index >= 15 is 0 Å². The van der Waals surface area contributed by atoms with Gasteiger partial charge in [-0.1, -0.05) is 55.8 Å². The van der Waals surface area contributed by atoms with Crippen molar-refractivity contribution in [3.05, 3.63) is 34.6 Å². The normalized spacial score (nSPS) is 19.6. The van der Waals surface area contributed by atoms with Gasteiger partial charge < -0.3 is 19.7 Å². The van der Waals surface area contributed by atoms with Crippen LogP contribution in [-0.4, -0.2) is 61.9 Å². The van der Waals surface area contributed by atoms with E-state index in [1.54, 1.807) is 17.0 Å². The number of carbonyl (C=O) groups excluding carboxylic acids is 2. The van der Waals surface area contributed by atoms with Crippen LogP contribution in [-0.2, 0) is 9.47 Å². The molecule has 0 aromatic heterocycles. The van der Waals surface area contributed by atoms with Crippen LogP contribution in [0.5, 0.6) is 0 Å². The number of carbonyl (C=O) groups is 2. The molecule has 1 heterocycles. The summed E-state index contributed by atoms with van der Waals surface area (Å²) in [5.74, 6) is 6.23. The minimum atomic E-state index is -0.628. The van der Waals surface area contributed by atoms with Crippen molar-refractivity contribution in [1.82, 2.24) is 15.2 Å². The number of likely N-dealkylation sites (tertiary alicyclic amines) is 1. The van der Waals surface area contributed by atoms with Crippen LogP contribution in [0.2, 0.25) is 5.02 Å². The summed E-state index contributed by atoms with van der Waals surface area (Å²) in [7, 11) is 1.28. The SMILES string of the molecule is COC(=O)NCCO[C@@H](c1cccc(Cl)c1F)C1CCCN(C(=O)N(N)CCCC2CCCCC2)C1. The molecule has 1 aromatic rings. The molecule has 0 bridgehead atoms. The van der Waals surface area contributed by atoms with Gasteiger partial charge in [0.1, 0.15) is 5.82 Å². The highest BCUT2D eigenvalue weighted by atomic mass is 35.5. The number of alkyl carbamates (subject to hydrolysis) is 1. The molecule has 3 N–H and O–H groups in total. The van der Waals surface area contributed by atoms with Crippen LogP contribution in [0.1, 0.15) is 69.5 Å². The van der Waals surface area contributed by atoms with Gasteiger partial charge in [-0.25, -0.2) is 19.8 Å². The first kappa shape index (κ1) is 28.5. The molecular weight excluding hydrogens is 487 g/mol. The van der Waals surface area contributed by atoms with Crippen LogP contribution in [0.15, 0.2) is 18.2 Å². The predicted octanol–water partition coefficient (Wildman–Crippen LogP) is 5.26. The molecule has 1 aliphatic heterocycles. The summed E-state index contributed by atoms with van der Waals surface area (Å²) in [4.78, 5) is 26.2. The Kier molecular flexibility index (Phi) is 11.5. The summed E-state index contributed by atoms with van der Waals surface area (Å²) >= 11 is 6.05. The standard InChI is InChI=1S/C26H40ClFN4O4/c1-35-25(33)30-14-17-36-24(21-12-5-13-22(27)23(21)28)20-11-7-15-31(18-20)26(34)32(29)16-6-10-19-8-3-2-4-9-19/h5,12-13,19-20,24H,2-4,6-11,14-18,29H2,1H3,(H,30,33)/t20?,24-/m1/s1. The van der Waals surface area contributed by atoms with Gasteiger partial charge in [0, 0.05) is 37.7 Å². The minimum Gasteiger partial charge on any atom is -0.453 e. The van der Waals surface area contributed by atoms with E-state index in [9.17, 15) is 14.0 Å². The molecular formula is C26H40ClFN4O4. The third kappa shape index (κ3) is 8.21. The van der Waals surface area contributed by atoms with Crippen LogP contribution >= 0.6 is 11.6 Å². The van der Waals surface area contributed by atoms with Crippen molar-refractivity contribution < 1.29 is 23.5 Å². The Bertz CT molecular complexity index is 855. The molecule has 2 atom stereocenters. The topological polar surface area (TPSA) is 97.1 Å². The van der Waals surface area contributed by atoms with Gasteiger partial charge in [0.2, 0.25) is 0 Å². The van der Waals surface area contributed by atoms with E-state index in [2.05, 4.69) is 10.1 Å². The number of hydrogen-bond acceptors (Lipinski definition) is 5. The van der Waals surface area contributed by atoms with E-state index in [0.717, 1.165) is 31.6 Å². The molecule has 0 radical (unpaired) electrons. The molecule has 3 rings (SSSR count). The van der Waals surface area contributed by atoms with Gasteiger partial charge in [0.15, 0.2) is 0 Å². The lowest BCUT2D eigenvalue weighted by Crippen LogP contribution is -2.51. The Labute approximate surface area is 218 Å². The molecule has 1 unspecified atom stereocenters. The Hall–Kier alpha value is -2.10. The zero-order valence-corrected chi connectivity index (χ0v) is 22.0. The summed E-state index contributed by atoms with van der Waals surface area (Å²) in [5.41, 5.74) is 0.344. The van der Waals surface area contributed by atoms with Gasteiger partial charge >= 0.3 is 12.1 Å². The lowest BCUT2D eigenvalue weighted by atomic mass is 9.86. The maximum absolute atomic E-state index is 15.0. The first-order chi connectivity index (χ1) is 17.4. The number of nitrogens with one attached hydrogen (secondary N) is 1. The van der Waals surface area contributed by atoms with E-state index in [0.29, 0.717) is 25.2 Å². The van der Waals surface area contributed by atoms with Crippen molar-refractivity contribution >= 4 is 23.7 Å². The van der Waals surface area contributed by atoms with Crippen molar-refractivity contribution in [3.63, 3.8) is 0 Å². The number of methoxy groups -OCH3 is 1. The van der Waals surface area contributed by atoms with E-state index in [1.807, 2.05) is 0 Å². The number of hydrogen-bond donors (Lipinski definition) is 2. The minimum absolute atomic E-state index is 0.0172. The molecule has 36 heavy (non-hydrogen) atoms. The van der Waals surface area contributed by atoms with Gasteiger partial charge in [-0.2, -0.15) is 0 Å². The zero-order valence-electron chi connectivity index (χ0n) is 21.2. The number of hydrazine groups is 1. The van der Waals surface area contributed by atoms with Crippen molar-refractivity contribution in [3.8, 4) is 0 Å². The lowest BCUT2D eigenvalue weighted by molar-refractivity contribution is -0.0125. The number of amides is 3. The van der Waals surface area contributed by atoms with Crippen LogP contribution < -0.4 is 11.2 Å². The molecule has 2 aliphatic rings. The van der Waals surface area contributed by atoms with Crippen molar-refractivity contribution in [1.29, 1.82) is 0 Å². The molecule has 0 spiro atoms. The number of nitrogens with zero attached hydrogens (tertiary/aromatic N) is 2. The van der Waals surface area contributed by atoms with E-state index < -0.39 is 18.0 Å². The second-order valence-corrected chi connectivity index (χ2v) is 10.2. The highest BCUT2D eigenvalue weighted by molar-refractivity contribution is 6.30. The molecule has 8 nitrogen and oxygen atoms in total. The van der Waals surface area contributed by atoms with Crippen LogP contribution in [0, 0.1) is 17.7 Å². The summed E-state index contributed by atoms with van der Waals surface area (Å²) in [6, 6.07) is 4.62. The fraction of sp³-hybridized carbons (Fsp3) is 0.692. The van der Waals surface area contributed by atoms with E-state index in [1.165, 1.54) is 50.3 Å². The fourth-order valence-corrected chi connectivity index (χ4v) is 5.55. The van der Waals surface area contributed by atoms with Gasteiger partial charge in [0.25, 0.3) is 0 Å². The molecule has 10 heteroatoms. The highest BCUT2D eigenvalue weighted by Gasteiger charge is 2.34. The fourth-order valence-electron chi connectivity index (χ4n) is 5.37. The number of piperidine rings is 1. The Morgan fingerprint density at radius 1 is 1.25 bits per heavy atom. The highest BCUT2D eigenvalue weighted by Crippen LogP contribution is 2.36. The quantitative estimate of drug-likeness (QED) is 0.187. The number of halogens is 2. The maximum atomic E-state index is 15.0. The Morgan fingerprint density at radius 3 is 2.78 bits per heavy atom. The average molecular weight is 527 g/mol. The van der Waals surface area contributed by atoms with Gasteiger partial charge in [-0.15, -0.1) is 0 Å². The average Bonchev–Trinajstić information content (AvgIpc) is 2.90. The molecule has 1 saturated carbocycles. The maximum Gasteiger partial charge on any atom is 0.406 e. The monoisotopic (exact) mass is 526 g/mol. The van der Waals surface area contributed by atoms with Gasteiger partial charge in [0.05, 0.1) is 24.8 Å². The third-order valence-electron chi connectivity index (χ3n) is 7.28. The van der Waals surface area contributed by atoms with E-state index in [4.69, 9.17) is 22.2 Å². The Balaban J connectivity index is 1.60. The second-order valence-electron chi connectivity index (χ2n) is 9.82. The lowest BCUT2D eigenvalue weighted by Gasteiger charge is -2.38. The number of ether oxygens (including phenoxy) is 2. The Morgan fingerprint density at radius 2 is 2.03 bits per heavy atom. The van der Waals surface area contributed by atoms with Crippen molar-refractivity contribution in [2.75, 3.05) is 39.9 Å². The molecule has 1 saturated heterocycles. The first-order valence-electron chi connectivity index (χ1n) is 13.1. The van der Waals surface area contributed by atoms with Crippen molar-refractivity contribution in [2.24, 2.45) is 17.7 Å². The van der Waals surface area contributed by atoms with Crippen LogP contribution in [0.3, 0.4) is 0 Å². The summed E-state index contributed by atoms with van der Waals surface area (Å²) < 4.78 is 25.6. The summed E-state index contributed by atoms with van der Waals surface area (Å²) in [6.45, 7) is 1.88. The number of rotatable bonds is 10. The largest absolute Gasteiger partial charge is 0.453 e. The van der Waals surface area contributed by atoms with Crippen LogP contribution in [0.25, 0.3) is 0 Å². The second kappa shape index (κ2) is 14.6. The number of urea groups is 1.